The topological polar surface area (TPSA) is 20.8 Å². The molecule has 0 N–H and O–H groups in total. The minimum atomic E-state index is 0.865. The first-order chi connectivity index (χ1) is 15.1. The summed E-state index contributed by atoms with van der Waals surface area (Å²) < 4.78 is 10.0. The van der Waals surface area contributed by atoms with Gasteiger partial charge in [0.2, 0.25) is 5.69 Å². The van der Waals surface area contributed by atoms with Gasteiger partial charge >= 0.3 is 0 Å². The molecule has 31 heavy (non-hydrogen) atoms. The molecule has 5 rings (SSSR count). The molecule has 2 heterocycles. The quantitative estimate of drug-likeness (QED) is 0.416. The SMILES string of the molecule is COc1ccc2c(c1)/c(=C\c1ccc(N(C)C)cc1)c1cc(-c3ccccc3)[n+](C)n12. The maximum absolute atomic E-state index is 5.53. The molecule has 0 fully saturated rings. The van der Waals surface area contributed by atoms with Gasteiger partial charge < -0.3 is 9.64 Å². The van der Waals surface area contributed by atoms with Crippen LogP contribution in [-0.4, -0.2) is 25.7 Å². The van der Waals surface area contributed by atoms with E-state index < -0.39 is 0 Å². The summed E-state index contributed by atoms with van der Waals surface area (Å²) in [7, 11) is 7.96. The average molecular weight is 409 g/mol. The predicted molar refractivity (Wildman–Crippen MR) is 128 cm³/mol. The highest BCUT2D eigenvalue weighted by atomic mass is 16.5. The van der Waals surface area contributed by atoms with E-state index in [-0.39, 0.29) is 0 Å². The molecule has 2 aromatic heterocycles. The third-order valence-electron chi connectivity index (χ3n) is 5.94. The van der Waals surface area contributed by atoms with Gasteiger partial charge in [0.05, 0.1) is 7.11 Å². The van der Waals surface area contributed by atoms with E-state index in [1.54, 1.807) is 7.11 Å². The Labute approximate surface area is 182 Å². The molecular formula is C27H26N3O+. The maximum atomic E-state index is 5.53. The fourth-order valence-electron chi connectivity index (χ4n) is 4.28. The minimum Gasteiger partial charge on any atom is -0.497 e. The molecule has 0 aliphatic heterocycles. The van der Waals surface area contributed by atoms with E-state index in [2.05, 4.69) is 114 Å². The van der Waals surface area contributed by atoms with Gasteiger partial charge in [0, 0.05) is 42.0 Å². The standard InChI is InChI=1S/C27H26N3O/c1-28(2)21-12-10-19(11-13-21)16-23-24-17-22(31-4)14-15-25(24)30-27(23)18-26(29(30)3)20-8-6-5-7-9-20/h5-18H,1-4H3/q+1. The molecule has 4 heteroatoms. The average Bonchev–Trinajstić information content (AvgIpc) is 3.29. The molecule has 0 atom stereocenters. The Bertz CT molecular complexity index is 1430. The fourth-order valence-corrected chi connectivity index (χ4v) is 4.28. The second kappa shape index (κ2) is 7.47. The van der Waals surface area contributed by atoms with E-state index >= 15 is 0 Å². The molecular weight excluding hydrogens is 382 g/mol. The monoisotopic (exact) mass is 408 g/mol. The number of aryl methyl sites for hydroxylation is 1. The van der Waals surface area contributed by atoms with Gasteiger partial charge in [-0.15, -0.1) is 9.20 Å². The molecule has 154 valence electrons. The molecule has 5 aromatic rings. The lowest BCUT2D eigenvalue weighted by Crippen LogP contribution is -2.36. The first kappa shape index (κ1) is 19.2. The number of methoxy groups -OCH3 is 1. The number of rotatable bonds is 4. The lowest BCUT2D eigenvalue weighted by atomic mass is 10.1. The highest BCUT2D eigenvalue weighted by molar-refractivity contribution is 5.91. The smallest absolute Gasteiger partial charge is 0.239 e. The number of hydrogen-bond acceptors (Lipinski definition) is 2. The molecule has 3 aromatic carbocycles. The van der Waals surface area contributed by atoms with Crippen LogP contribution in [0.4, 0.5) is 5.69 Å². The number of nitrogens with zero attached hydrogens (tertiary/aromatic N) is 3. The lowest BCUT2D eigenvalue weighted by molar-refractivity contribution is -0.725. The third kappa shape index (κ3) is 3.21. The van der Waals surface area contributed by atoms with Crippen LogP contribution in [0.25, 0.3) is 33.8 Å². The summed E-state index contributed by atoms with van der Waals surface area (Å²) in [5.41, 5.74) is 7.10. The Morgan fingerprint density at radius 3 is 2.29 bits per heavy atom. The molecule has 0 aliphatic carbocycles. The van der Waals surface area contributed by atoms with Crippen LogP contribution in [0, 0.1) is 0 Å². The summed E-state index contributed by atoms with van der Waals surface area (Å²) in [5.74, 6) is 0.865. The Hall–Kier alpha value is -3.79. The van der Waals surface area contributed by atoms with E-state index in [9.17, 15) is 0 Å². The molecule has 0 aliphatic rings. The van der Waals surface area contributed by atoms with Crippen LogP contribution in [0.1, 0.15) is 5.56 Å². The van der Waals surface area contributed by atoms with Crippen molar-refractivity contribution in [2.24, 2.45) is 7.05 Å². The number of benzene rings is 3. The molecule has 0 saturated carbocycles. The van der Waals surface area contributed by atoms with E-state index in [1.807, 2.05) is 6.07 Å². The zero-order valence-electron chi connectivity index (χ0n) is 18.3. The first-order valence-corrected chi connectivity index (χ1v) is 10.4. The second-order valence-corrected chi connectivity index (χ2v) is 8.04. The molecule has 0 spiro atoms. The van der Waals surface area contributed by atoms with Crippen molar-refractivity contribution in [3.63, 3.8) is 0 Å². The number of aromatic nitrogens is 2. The predicted octanol–water partition coefficient (Wildman–Crippen LogP) is 4.21. The summed E-state index contributed by atoms with van der Waals surface area (Å²) in [4.78, 5) is 2.12. The highest BCUT2D eigenvalue weighted by Gasteiger charge is 2.22. The van der Waals surface area contributed by atoms with Crippen LogP contribution in [0.15, 0.2) is 78.9 Å². The summed E-state index contributed by atoms with van der Waals surface area (Å²) >= 11 is 0. The number of fused-ring (bicyclic) bond motifs is 3. The van der Waals surface area contributed by atoms with Crippen molar-refractivity contribution in [2.45, 2.75) is 0 Å². The summed E-state index contributed by atoms with van der Waals surface area (Å²) in [5, 5.41) is 2.38. The molecule has 0 radical (unpaired) electrons. The van der Waals surface area contributed by atoms with Crippen molar-refractivity contribution in [3.8, 4) is 17.0 Å². The van der Waals surface area contributed by atoms with E-state index in [0.717, 1.165) is 11.3 Å². The Balaban J connectivity index is 1.81. The van der Waals surface area contributed by atoms with E-state index in [4.69, 9.17) is 4.74 Å². The van der Waals surface area contributed by atoms with Crippen LogP contribution < -0.4 is 19.5 Å². The van der Waals surface area contributed by atoms with E-state index in [1.165, 1.54) is 38.6 Å². The lowest BCUT2D eigenvalue weighted by Gasteiger charge is -2.11. The maximum Gasteiger partial charge on any atom is 0.239 e. The van der Waals surface area contributed by atoms with Gasteiger partial charge in [-0.25, -0.2) is 0 Å². The minimum absolute atomic E-state index is 0.865. The Morgan fingerprint density at radius 1 is 0.871 bits per heavy atom. The van der Waals surface area contributed by atoms with Crippen molar-refractivity contribution in [3.05, 3.63) is 89.6 Å². The molecule has 0 unspecified atom stereocenters. The van der Waals surface area contributed by atoms with Gasteiger partial charge in [-0.3, -0.25) is 0 Å². The zero-order chi connectivity index (χ0) is 21.5. The third-order valence-corrected chi connectivity index (χ3v) is 5.94. The van der Waals surface area contributed by atoms with Gasteiger partial charge in [-0.05, 0) is 54.1 Å². The van der Waals surface area contributed by atoms with Crippen molar-refractivity contribution >= 4 is 28.2 Å². The normalized spacial score (nSPS) is 12.1. The number of anilines is 1. The van der Waals surface area contributed by atoms with Gasteiger partial charge in [-0.1, -0.05) is 30.3 Å². The summed E-state index contributed by atoms with van der Waals surface area (Å²) in [6.07, 6.45) is 2.27. The van der Waals surface area contributed by atoms with Crippen molar-refractivity contribution in [2.75, 3.05) is 26.1 Å². The van der Waals surface area contributed by atoms with Crippen LogP contribution in [0.2, 0.25) is 0 Å². The molecule has 0 saturated heterocycles. The van der Waals surface area contributed by atoms with Gasteiger partial charge in [0.15, 0.2) is 7.05 Å². The Kier molecular flexibility index (Phi) is 4.63. The summed E-state index contributed by atoms with van der Waals surface area (Å²) in [6.45, 7) is 0. The fraction of sp³-hybridized carbons (Fsp3) is 0.148. The van der Waals surface area contributed by atoms with Crippen molar-refractivity contribution in [1.82, 2.24) is 4.52 Å². The van der Waals surface area contributed by atoms with Gasteiger partial charge in [0.25, 0.3) is 0 Å². The van der Waals surface area contributed by atoms with Crippen LogP contribution in [-0.2, 0) is 7.05 Å². The first-order valence-electron chi connectivity index (χ1n) is 10.4. The van der Waals surface area contributed by atoms with E-state index in [0.29, 0.717) is 0 Å². The van der Waals surface area contributed by atoms with Gasteiger partial charge in [-0.2, -0.15) is 0 Å². The molecule has 0 bridgehead atoms. The van der Waals surface area contributed by atoms with Crippen LogP contribution >= 0.6 is 0 Å². The Morgan fingerprint density at radius 2 is 1.61 bits per heavy atom. The zero-order valence-corrected chi connectivity index (χ0v) is 18.3. The van der Waals surface area contributed by atoms with Crippen molar-refractivity contribution in [1.29, 1.82) is 0 Å². The van der Waals surface area contributed by atoms with Crippen LogP contribution in [0.5, 0.6) is 5.75 Å². The molecule has 0 amide bonds. The molecule has 4 nitrogen and oxygen atoms in total. The number of ether oxygens (including phenoxy) is 1. The number of hydrogen-bond donors (Lipinski definition) is 0. The largest absolute Gasteiger partial charge is 0.497 e. The van der Waals surface area contributed by atoms with Crippen LogP contribution in [0.3, 0.4) is 0 Å². The van der Waals surface area contributed by atoms with Gasteiger partial charge in [0.1, 0.15) is 16.8 Å². The summed E-state index contributed by atoms with van der Waals surface area (Å²) in [6, 6.07) is 27.8. The highest BCUT2D eigenvalue weighted by Crippen LogP contribution is 2.24. The van der Waals surface area contributed by atoms with Crippen molar-refractivity contribution < 1.29 is 9.42 Å². The second-order valence-electron chi connectivity index (χ2n) is 8.04.